The van der Waals surface area contributed by atoms with Crippen LogP contribution in [-0.4, -0.2) is 43.0 Å². The van der Waals surface area contributed by atoms with Gasteiger partial charge in [0, 0.05) is 13.1 Å². The molecule has 0 fully saturated rings. The minimum absolute atomic E-state index is 0.0512. The van der Waals surface area contributed by atoms with Crippen molar-refractivity contribution in [1.82, 2.24) is 19.1 Å². The van der Waals surface area contributed by atoms with E-state index in [0.29, 0.717) is 11.7 Å². The Hall–Kier alpha value is -3.07. The van der Waals surface area contributed by atoms with Crippen LogP contribution < -0.4 is 21.3 Å². The Morgan fingerprint density at radius 1 is 1.34 bits per heavy atom. The quantitative estimate of drug-likeness (QED) is 0.525. The monoisotopic (exact) mass is 401 g/mol. The number of hydrogen-bond acceptors (Lipinski definition) is 6. The average molecular weight is 401 g/mol. The maximum absolute atomic E-state index is 12.5. The molecule has 0 spiro atoms. The molecule has 9 nitrogen and oxygen atoms in total. The fourth-order valence-corrected chi connectivity index (χ4v) is 3.01. The van der Waals surface area contributed by atoms with Gasteiger partial charge in [-0.05, 0) is 38.0 Å². The number of H-pyrrole nitrogens is 1. The van der Waals surface area contributed by atoms with Crippen molar-refractivity contribution in [3.05, 3.63) is 50.7 Å². The number of rotatable bonds is 8. The highest BCUT2D eigenvalue weighted by Gasteiger charge is 2.20. The summed E-state index contributed by atoms with van der Waals surface area (Å²) in [5.41, 5.74) is 0.471. The minimum atomic E-state index is -0.887. The number of fused-ring (bicyclic) bond motifs is 1. The van der Waals surface area contributed by atoms with Crippen LogP contribution in [0.25, 0.3) is 11.2 Å². The van der Waals surface area contributed by atoms with Crippen LogP contribution in [0.5, 0.6) is 5.75 Å². The Kier molecular flexibility index (Phi) is 6.07. The van der Waals surface area contributed by atoms with E-state index in [1.165, 1.54) is 4.57 Å². The zero-order valence-corrected chi connectivity index (χ0v) is 17.1. The molecule has 3 N–H and O–H groups in total. The second-order valence-corrected chi connectivity index (χ2v) is 7.27. The lowest BCUT2D eigenvalue weighted by Gasteiger charge is -2.18. The van der Waals surface area contributed by atoms with Gasteiger partial charge in [-0.25, -0.2) is 4.79 Å². The summed E-state index contributed by atoms with van der Waals surface area (Å²) in [6.07, 6.45) is -0.0423. The Bertz CT molecular complexity index is 1110. The number of aliphatic hydroxyl groups excluding tert-OH is 1. The number of ether oxygens (including phenoxy) is 1. The summed E-state index contributed by atoms with van der Waals surface area (Å²) in [5.74, 6) is 1.09. The Labute approximate surface area is 168 Å². The number of aromatic amines is 1. The van der Waals surface area contributed by atoms with E-state index in [-0.39, 0.29) is 30.4 Å². The molecule has 1 aromatic carbocycles. The third kappa shape index (κ3) is 4.51. The fraction of sp³-hybridized carbons (Fsp3) is 0.450. The SMILES string of the molecule is CC[C@@H](C)Nc1nc2c(c(=O)[nH]c(=O)n2C)n1C[C@@H](O)COc1cccc(C)c1. The van der Waals surface area contributed by atoms with E-state index in [4.69, 9.17) is 4.74 Å². The molecule has 0 saturated heterocycles. The van der Waals surface area contributed by atoms with E-state index in [9.17, 15) is 14.7 Å². The van der Waals surface area contributed by atoms with Gasteiger partial charge in [0.05, 0.1) is 6.54 Å². The van der Waals surface area contributed by atoms with Gasteiger partial charge in [-0.2, -0.15) is 4.98 Å². The number of imidazole rings is 1. The zero-order valence-electron chi connectivity index (χ0n) is 17.1. The highest BCUT2D eigenvalue weighted by Crippen LogP contribution is 2.18. The molecule has 3 rings (SSSR count). The number of nitrogens with one attached hydrogen (secondary N) is 2. The zero-order chi connectivity index (χ0) is 21.1. The number of anilines is 1. The van der Waals surface area contributed by atoms with Crippen molar-refractivity contribution in [2.75, 3.05) is 11.9 Å². The predicted molar refractivity (Wildman–Crippen MR) is 112 cm³/mol. The number of nitrogens with zero attached hydrogens (tertiary/aromatic N) is 3. The molecule has 0 bridgehead atoms. The smallest absolute Gasteiger partial charge is 0.329 e. The van der Waals surface area contributed by atoms with Crippen molar-refractivity contribution in [1.29, 1.82) is 0 Å². The maximum atomic E-state index is 12.5. The van der Waals surface area contributed by atoms with Gasteiger partial charge in [0.15, 0.2) is 11.2 Å². The molecule has 3 aromatic rings. The largest absolute Gasteiger partial charge is 0.491 e. The van der Waals surface area contributed by atoms with Crippen LogP contribution in [0.15, 0.2) is 33.9 Å². The first-order valence-corrected chi connectivity index (χ1v) is 9.63. The molecule has 0 aliphatic carbocycles. The van der Waals surface area contributed by atoms with Crippen molar-refractivity contribution in [3.63, 3.8) is 0 Å². The van der Waals surface area contributed by atoms with Crippen LogP contribution in [0, 0.1) is 6.92 Å². The molecule has 2 heterocycles. The molecule has 0 amide bonds. The Balaban J connectivity index is 1.91. The van der Waals surface area contributed by atoms with Gasteiger partial charge in [-0.3, -0.25) is 14.3 Å². The number of hydrogen-bond donors (Lipinski definition) is 3. The van der Waals surface area contributed by atoms with E-state index < -0.39 is 17.4 Å². The summed E-state index contributed by atoms with van der Waals surface area (Å²) in [6, 6.07) is 7.65. The molecular weight excluding hydrogens is 374 g/mol. The Morgan fingerprint density at radius 2 is 2.10 bits per heavy atom. The van der Waals surface area contributed by atoms with Crippen LogP contribution in [0.4, 0.5) is 5.95 Å². The van der Waals surface area contributed by atoms with Gasteiger partial charge in [0.2, 0.25) is 5.95 Å². The third-order valence-electron chi connectivity index (χ3n) is 4.82. The molecule has 0 unspecified atom stereocenters. The topological polar surface area (TPSA) is 114 Å². The van der Waals surface area contributed by atoms with Gasteiger partial charge in [0.25, 0.3) is 5.56 Å². The molecular formula is C20H27N5O4. The van der Waals surface area contributed by atoms with E-state index in [1.807, 2.05) is 45.0 Å². The van der Waals surface area contributed by atoms with E-state index in [2.05, 4.69) is 15.3 Å². The standard InChI is InChI=1S/C20H27N5O4/c1-5-13(3)21-19-22-17-16(18(27)23-20(28)24(17)4)25(19)10-14(26)11-29-15-8-6-7-12(2)9-15/h6-9,13-14,26H,5,10-11H2,1-4H3,(H,21,22)(H,23,27,28)/t13-,14-/m1/s1. The molecule has 9 heteroatoms. The second-order valence-electron chi connectivity index (χ2n) is 7.27. The summed E-state index contributed by atoms with van der Waals surface area (Å²) in [5, 5.41) is 13.8. The molecule has 2 aromatic heterocycles. The molecule has 0 aliphatic rings. The first-order valence-electron chi connectivity index (χ1n) is 9.63. The third-order valence-corrected chi connectivity index (χ3v) is 4.82. The number of aromatic nitrogens is 4. The Morgan fingerprint density at radius 3 is 2.79 bits per heavy atom. The van der Waals surface area contributed by atoms with Gasteiger partial charge in [0.1, 0.15) is 18.5 Å². The van der Waals surface area contributed by atoms with Gasteiger partial charge >= 0.3 is 5.69 Å². The second kappa shape index (κ2) is 8.52. The summed E-state index contributed by atoms with van der Waals surface area (Å²) in [7, 11) is 1.54. The summed E-state index contributed by atoms with van der Waals surface area (Å²) >= 11 is 0. The van der Waals surface area contributed by atoms with Crippen LogP contribution in [-0.2, 0) is 13.6 Å². The van der Waals surface area contributed by atoms with Gasteiger partial charge < -0.3 is 19.7 Å². The molecule has 0 saturated carbocycles. The molecule has 29 heavy (non-hydrogen) atoms. The fourth-order valence-electron chi connectivity index (χ4n) is 3.01. The summed E-state index contributed by atoms with van der Waals surface area (Å²) in [6.45, 7) is 6.12. The summed E-state index contributed by atoms with van der Waals surface area (Å²) in [4.78, 5) is 31.1. The minimum Gasteiger partial charge on any atom is -0.491 e. The van der Waals surface area contributed by atoms with Crippen molar-refractivity contribution >= 4 is 17.1 Å². The van der Waals surface area contributed by atoms with E-state index in [0.717, 1.165) is 12.0 Å². The number of aryl methyl sites for hydroxylation is 2. The maximum Gasteiger partial charge on any atom is 0.329 e. The van der Waals surface area contributed by atoms with Crippen molar-refractivity contribution < 1.29 is 9.84 Å². The number of aliphatic hydroxyl groups is 1. The van der Waals surface area contributed by atoms with Crippen molar-refractivity contribution in [2.45, 2.75) is 45.9 Å². The van der Waals surface area contributed by atoms with Gasteiger partial charge in [-0.15, -0.1) is 0 Å². The summed E-state index contributed by atoms with van der Waals surface area (Å²) < 4.78 is 8.56. The number of benzene rings is 1. The van der Waals surface area contributed by atoms with Crippen molar-refractivity contribution in [2.24, 2.45) is 7.05 Å². The molecule has 2 atom stereocenters. The van der Waals surface area contributed by atoms with E-state index in [1.54, 1.807) is 11.6 Å². The highest BCUT2D eigenvalue weighted by molar-refractivity contribution is 5.74. The lowest BCUT2D eigenvalue weighted by molar-refractivity contribution is 0.0937. The van der Waals surface area contributed by atoms with Crippen LogP contribution in [0.2, 0.25) is 0 Å². The first-order chi connectivity index (χ1) is 13.8. The average Bonchev–Trinajstić information content (AvgIpc) is 3.03. The van der Waals surface area contributed by atoms with Crippen LogP contribution >= 0.6 is 0 Å². The first kappa shape index (κ1) is 20.7. The molecule has 156 valence electrons. The van der Waals surface area contributed by atoms with Crippen LogP contribution in [0.1, 0.15) is 25.8 Å². The predicted octanol–water partition coefficient (Wildman–Crippen LogP) is 1.38. The molecule has 0 aliphatic heterocycles. The molecule has 0 radical (unpaired) electrons. The lowest BCUT2D eigenvalue weighted by Crippen LogP contribution is -2.31. The highest BCUT2D eigenvalue weighted by atomic mass is 16.5. The lowest BCUT2D eigenvalue weighted by atomic mass is 10.2. The van der Waals surface area contributed by atoms with E-state index >= 15 is 0 Å². The normalized spacial score (nSPS) is 13.4. The van der Waals surface area contributed by atoms with Gasteiger partial charge in [-0.1, -0.05) is 19.1 Å². The van der Waals surface area contributed by atoms with Crippen LogP contribution in [0.3, 0.4) is 0 Å². The van der Waals surface area contributed by atoms with Crippen molar-refractivity contribution in [3.8, 4) is 5.75 Å².